The predicted molar refractivity (Wildman–Crippen MR) is 231 cm³/mol. The number of benzene rings is 2. The first-order valence-corrected chi connectivity index (χ1v) is 22.7. The molecule has 3 aromatic rings. The Hall–Kier alpha value is -5.58. The molecule has 4 N–H and O–H groups in total. The summed E-state index contributed by atoms with van der Waals surface area (Å²) < 4.78 is 51.8. The fourth-order valence-corrected chi connectivity index (χ4v) is 10.0. The molecule has 3 heterocycles. The number of amides is 4. The maximum Gasteiger partial charge on any atom is 0.405 e. The van der Waals surface area contributed by atoms with Gasteiger partial charge in [-0.1, -0.05) is 26.0 Å². The van der Waals surface area contributed by atoms with E-state index < -0.39 is 74.1 Å². The van der Waals surface area contributed by atoms with Crippen molar-refractivity contribution in [2.24, 2.45) is 17.8 Å². The monoisotopic (exact) mass is 875 g/mol. The summed E-state index contributed by atoms with van der Waals surface area (Å²) in [6, 6.07) is 10.3. The van der Waals surface area contributed by atoms with Gasteiger partial charge in [0.15, 0.2) is 5.75 Å². The lowest BCUT2D eigenvalue weighted by Gasteiger charge is -2.32. The zero-order valence-corrected chi connectivity index (χ0v) is 37.0. The van der Waals surface area contributed by atoms with Crippen LogP contribution in [0, 0.1) is 17.8 Å². The normalized spacial score (nSPS) is 27.7. The van der Waals surface area contributed by atoms with Crippen molar-refractivity contribution in [1.82, 2.24) is 25.2 Å². The second-order valence-corrected chi connectivity index (χ2v) is 20.0. The van der Waals surface area contributed by atoms with E-state index in [0.29, 0.717) is 71.4 Å². The number of allylic oxidation sites excluding steroid dienone is 1. The molecule has 2 aliphatic carbocycles. The molecule has 3 fully saturated rings. The molecule has 334 valence electrons. The van der Waals surface area contributed by atoms with Crippen molar-refractivity contribution < 1.29 is 51.6 Å². The van der Waals surface area contributed by atoms with Crippen LogP contribution in [0.2, 0.25) is 0 Å². The lowest BCUT2D eigenvalue weighted by Crippen LogP contribution is -2.59. The number of methoxy groups -OCH3 is 2. The highest BCUT2D eigenvalue weighted by atomic mass is 32.2. The third-order valence-electron chi connectivity index (χ3n) is 12.6. The molecule has 0 spiro atoms. The van der Waals surface area contributed by atoms with E-state index in [1.54, 1.807) is 39.3 Å². The number of fused-ring (bicyclic) bond motifs is 3. The first-order chi connectivity index (χ1) is 29.4. The van der Waals surface area contributed by atoms with Gasteiger partial charge in [-0.25, -0.2) is 18.2 Å². The molecule has 2 aliphatic heterocycles. The number of sulfonamides is 1. The molecule has 0 radical (unpaired) electrons. The fraction of sp³-hybridized carbons (Fsp3) is 0.533. The van der Waals surface area contributed by atoms with Gasteiger partial charge < -0.3 is 39.6 Å². The van der Waals surface area contributed by atoms with E-state index in [1.807, 2.05) is 64.1 Å². The molecule has 2 aromatic carbocycles. The molecule has 1 aromatic heterocycles. The third-order valence-corrected chi connectivity index (χ3v) is 14.8. The summed E-state index contributed by atoms with van der Waals surface area (Å²) in [5, 5.41) is 16.4. The number of nitrogens with one attached hydrogen (secondary N) is 3. The van der Waals surface area contributed by atoms with Crippen LogP contribution in [0.3, 0.4) is 0 Å². The van der Waals surface area contributed by atoms with Crippen LogP contribution in [-0.4, -0.2) is 103 Å². The van der Waals surface area contributed by atoms with E-state index in [1.165, 1.54) is 4.90 Å². The second-order valence-electron chi connectivity index (χ2n) is 17.8. The molecule has 7 rings (SSSR count). The summed E-state index contributed by atoms with van der Waals surface area (Å²) in [7, 11) is -0.949. The van der Waals surface area contributed by atoms with Crippen LogP contribution < -0.4 is 34.3 Å². The smallest absolute Gasteiger partial charge is 0.405 e. The van der Waals surface area contributed by atoms with Crippen LogP contribution in [0.25, 0.3) is 22.0 Å². The van der Waals surface area contributed by atoms with Gasteiger partial charge in [0.05, 0.1) is 31.6 Å². The van der Waals surface area contributed by atoms with Gasteiger partial charge >= 0.3 is 6.09 Å². The number of carbonyl (C=O) groups excluding carboxylic acids is 3. The number of hydrogen-bond acceptors (Lipinski definition) is 11. The van der Waals surface area contributed by atoms with E-state index in [0.717, 1.165) is 0 Å². The number of aromatic nitrogens is 1. The lowest BCUT2D eigenvalue weighted by molar-refractivity contribution is -0.142. The van der Waals surface area contributed by atoms with Crippen molar-refractivity contribution in [3.05, 3.63) is 54.6 Å². The van der Waals surface area contributed by atoms with Crippen molar-refractivity contribution in [3.63, 3.8) is 0 Å². The summed E-state index contributed by atoms with van der Waals surface area (Å²) in [5.74, 6) is -1.15. The van der Waals surface area contributed by atoms with Crippen LogP contribution >= 0.6 is 0 Å². The molecule has 1 saturated heterocycles. The summed E-state index contributed by atoms with van der Waals surface area (Å²) in [6.07, 6.45) is 4.29. The second kappa shape index (κ2) is 17.3. The van der Waals surface area contributed by atoms with Crippen molar-refractivity contribution >= 4 is 44.6 Å². The van der Waals surface area contributed by atoms with E-state index in [-0.39, 0.29) is 37.3 Å². The SMILES string of the molecule is COc1ccc2c(O[C@@H]3C[C@H]4C(=O)N[C@]5(C(=O)NS(=O)(=O)C6(C)CC6)CC5/C=C\CCC(C)C[C@@H](C)[C@H](NC(=O)O)C(=O)N4C3)nc(-c3ccc(OC(C)C)cc3)c(OC)c2c1. The molecule has 4 amide bonds. The van der Waals surface area contributed by atoms with Crippen LogP contribution in [-0.2, 0) is 24.4 Å². The number of nitrogens with zero attached hydrogens (tertiary/aromatic N) is 2. The molecule has 16 nitrogen and oxygen atoms in total. The first kappa shape index (κ1) is 44.5. The van der Waals surface area contributed by atoms with Gasteiger partial charge in [0, 0.05) is 28.7 Å². The number of hydrogen-bond donors (Lipinski definition) is 4. The number of ether oxygens (including phenoxy) is 4. The molecular weight excluding hydrogens is 819 g/mol. The van der Waals surface area contributed by atoms with Crippen LogP contribution in [0.15, 0.2) is 54.6 Å². The number of rotatable bonds is 11. The summed E-state index contributed by atoms with van der Waals surface area (Å²) in [6.45, 7) is 9.15. The average molecular weight is 876 g/mol. The Balaban J connectivity index is 1.27. The highest BCUT2D eigenvalue weighted by Gasteiger charge is 2.63. The standard InChI is InChI=1S/C45H57N5O11S/c1-25(2)60-30-14-12-28(13-15-30)37-38(59-7)34-21-31(58-6)16-17-33(34)40(46-37)61-32-22-35-39(51)48-45(42(53)49-62(56,57)44(5)18-19-44)23-29(45)11-9-8-10-26(3)20-27(4)36(47-43(54)55)41(52)50(35)24-32/h9,11-17,21,25-27,29,32,35-36,47H,8,10,18-20,22-24H2,1-7H3,(H,48,51)(H,49,53)(H,54,55)/b11-9-/t26?,27-,29?,32-,35+,36+,45-/m1/s1. The van der Waals surface area contributed by atoms with Gasteiger partial charge in [-0.05, 0) is 114 Å². The largest absolute Gasteiger partial charge is 0.497 e. The quantitative estimate of drug-likeness (QED) is 0.174. The Morgan fingerprint density at radius 2 is 1.71 bits per heavy atom. The van der Waals surface area contributed by atoms with Gasteiger partial charge in [-0.15, -0.1) is 0 Å². The third kappa shape index (κ3) is 8.99. The molecule has 7 atom stereocenters. The Morgan fingerprint density at radius 1 is 1.00 bits per heavy atom. The molecular formula is C45H57N5O11S. The highest BCUT2D eigenvalue weighted by Crippen LogP contribution is 2.48. The molecule has 2 saturated carbocycles. The zero-order chi connectivity index (χ0) is 44.7. The maximum atomic E-state index is 14.7. The van der Waals surface area contributed by atoms with Gasteiger partial charge in [0.1, 0.15) is 40.9 Å². The zero-order valence-electron chi connectivity index (χ0n) is 36.2. The van der Waals surface area contributed by atoms with Gasteiger partial charge in [0.25, 0.3) is 5.91 Å². The predicted octanol–water partition coefficient (Wildman–Crippen LogP) is 5.58. The number of carboxylic acid groups (broad SMARTS) is 1. The topological polar surface area (TPSA) is 212 Å². The van der Waals surface area contributed by atoms with Crippen molar-refractivity contribution in [3.8, 4) is 34.4 Å². The summed E-state index contributed by atoms with van der Waals surface area (Å²) in [4.78, 5) is 61.8. The van der Waals surface area contributed by atoms with Gasteiger partial charge in [0.2, 0.25) is 27.7 Å². The minimum atomic E-state index is -4.04. The van der Waals surface area contributed by atoms with E-state index in [9.17, 15) is 32.7 Å². The fourth-order valence-electron chi connectivity index (χ4n) is 8.71. The number of pyridine rings is 1. The molecule has 17 heteroatoms. The average Bonchev–Trinajstić information content (AvgIpc) is 4.10. The van der Waals surface area contributed by atoms with E-state index in [4.69, 9.17) is 23.9 Å². The highest BCUT2D eigenvalue weighted by molar-refractivity contribution is 7.91. The van der Waals surface area contributed by atoms with Gasteiger partial charge in [-0.3, -0.25) is 19.1 Å². The Kier molecular flexibility index (Phi) is 12.4. The van der Waals surface area contributed by atoms with E-state index >= 15 is 0 Å². The molecule has 62 heavy (non-hydrogen) atoms. The van der Waals surface area contributed by atoms with Gasteiger partial charge in [-0.2, -0.15) is 0 Å². The molecule has 0 bridgehead atoms. The van der Waals surface area contributed by atoms with Crippen molar-refractivity contribution in [2.75, 3.05) is 20.8 Å². The molecule has 4 aliphatic rings. The Morgan fingerprint density at radius 3 is 2.35 bits per heavy atom. The summed E-state index contributed by atoms with van der Waals surface area (Å²) >= 11 is 0. The van der Waals surface area contributed by atoms with Crippen LogP contribution in [0.5, 0.6) is 23.1 Å². The Bertz CT molecular complexity index is 2370. The first-order valence-electron chi connectivity index (χ1n) is 21.2. The van der Waals surface area contributed by atoms with Crippen LogP contribution in [0.1, 0.15) is 79.6 Å². The minimum Gasteiger partial charge on any atom is -0.497 e. The minimum absolute atomic E-state index is 0.0319. The number of carbonyl (C=O) groups is 4. The van der Waals surface area contributed by atoms with Crippen LogP contribution in [0.4, 0.5) is 4.79 Å². The maximum absolute atomic E-state index is 14.7. The van der Waals surface area contributed by atoms with Crippen molar-refractivity contribution in [1.29, 1.82) is 0 Å². The lowest BCUT2D eigenvalue weighted by atomic mass is 9.88. The molecule has 2 unspecified atom stereocenters. The Labute approximate surface area is 362 Å². The van der Waals surface area contributed by atoms with E-state index in [2.05, 4.69) is 15.4 Å². The summed E-state index contributed by atoms with van der Waals surface area (Å²) in [5.41, 5.74) is -0.443. The van der Waals surface area contributed by atoms with Crippen molar-refractivity contribution in [2.45, 2.75) is 114 Å².